The van der Waals surface area contributed by atoms with Crippen molar-refractivity contribution in [3.05, 3.63) is 0 Å². The van der Waals surface area contributed by atoms with Crippen molar-refractivity contribution < 1.29 is 0 Å². The molecule has 0 unspecified atom stereocenters. The predicted octanol–water partition coefficient (Wildman–Crippen LogP) is 3.03. The molecule has 1 aliphatic rings. The van der Waals surface area contributed by atoms with Gasteiger partial charge in [-0.3, -0.25) is 0 Å². The van der Waals surface area contributed by atoms with Crippen LogP contribution in [0.1, 0.15) is 58.8 Å². The largest absolute Gasteiger partial charge is 0.313 e. The molecule has 0 radical (unpaired) electrons. The molecule has 2 heteroatoms. The van der Waals surface area contributed by atoms with Crippen LogP contribution in [0.3, 0.4) is 0 Å². The van der Waals surface area contributed by atoms with E-state index in [9.17, 15) is 0 Å². The van der Waals surface area contributed by atoms with Crippen molar-refractivity contribution in [1.82, 2.24) is 10.2 Å². The molecule has 0 aromatic carbocycles. The van der Waals surface area contributed by atoms with Gasteiger partial charge in [0.05, 0.1) is 0 Å². The maximum atomic E-state index is 3.75. The Morgan fingerprint density at radius 1 is 0.938 bits per heavy atom. The lowest BCUT2D eigenvalue weighted by Gasteiger charge is -2.23. The molecule has 1 fully saturated rings. The summed E-state index contributed by atoms with van der Waals surface area (Å²) in [5, 5.41) is 3.75. The Bertz CT molecular complexity index is 147. The van der Waals surface area contributed by atoms with E-state index < -0.39 is 0 Å². The summed E-state index contributed by atoms with van der Waals surface area (Å²) in [7, 11) is 0. The highest BCUT2D eigenvalue weighted by Gasteiger charge is 2.10. The Hall–Kier alpha value is -0.0800. The number of nitrogens with one attached hydrogen (secondary N) is 1. The molecule has 16 heavy (non-hydrogen) atoms. The summed E-state index contributed by atoms with van der Waals surface area (Å²) in [5.41, 5.74) is 0. The molecular formula is C14H30N2. The fourth-order valence-corrected chi connectivity index (χ4v) is 2.63. The van der Waals surface area contributed by atoms with Crippen LogP contribution in [-0.4, -0.2) is 37.1 Å². The first-order valence-corrected chi connectivity index (χ1v) is 7.32. The summed E-state index contributed by atoms with van der Waals surface area (Å²) in [6.45, 7) is 9.25. The molecule has 1 aliphatic carbocycles. The highest BCUT2D eigenvalue weighted by molar-refractivity contribution is 4.70. The molecule has 0 amide bonds. The van der Waals surface area contributed by atoms with Crippen molar-refractivity contribution in [2.24, 2.45) is 0 Å². The van der Waals surface area contributed by atoms with Crippen molar-refractivity contribution in [2.45, 2.75) is 64.8 Å². The van der Waals surface area contributed by atoms with E-state index in [1.165, 1.54) is 71.1 Å². The Balaban J connectivity index is 2.09. The normalized spacial score (nSPS) is 19.7. The van der Waals surface area contributed by atoms with Gasteiger partial charge in [0.25, 0.3) is 0 Å². The topological polar surface area (TPSA) is 15.3 Å². The molecule has 1 rings (SSSR count). The van der Waals surface area contributed by atoms with E-state index in [0.29, 0.717) is 0 Å². The summed E-state index contributed by atoms with van der Waals surface area (Å²) < 4.78 is 0. The first-order valence-electron chi connectivity index (χ1n) is 7.32. The average molecular weight is 226 g/mol. The van der Waals surface area contributed by atoms with Gasteiger partial charge < -0.3 is 10.2 Å². The lowest BCUT2D eigenvalue weighted by Crippen LogP contribution is -2.37. The van der Waals surface area contributed by atoms with Crippen molar-refractivity contribution in [2.75, 3.05) is 26.2 Å². The van der Waals surface area contributed by atoms with E-state index in [0.717, 1.165) is 6.04 Å². The zero-order chi connectivity index (χ0) is 11.6. The Labute approximate surface area is 102 Å². The molecule has 0 atom stereocenters. The first-order chi connectivity index (χ1) is 7.86. The third kappa shape index (κ3) is 5.86. The summed E-state index contributed by atoms with van der Waals surface area (Å²) in [6.07, 6.45) is 10.0. The molecule has 96 valence electrons. The van der Waals surface area contributed by atoms with E-state index in [4.69, 9.17) is 0 Å². The van der Waals surface area contributed by atoms with Crippen LogP contribution in [0.5, 0.6) is 0 Å². The van der Waals surface area contributed by atoms with Gasteiger partial charge >= 0.3 is 0 Å². The van der Waals surface area contributed by atoms with E-state index in [-0.39, 0.29) is 0 Å². The highest BCUT2D eigenvalue weighted by Crippen LogP contribution is 2.16. The van der Waals surface area contributed by atoms with Gasteiger partial charge in [-0.1, -0.05) is 46.0 Å². The Morgan fingerprint density at radius 2 is 1.50 bits per heavy atom. The van der Waals surface area contributed by atoms with Gasteiger partial charge in [0.15, 0.2) is 0 Å². The van der Waals surface area contributed by atoms with Crippen molar-refractivity contribution in [3.8, 4) is 0 Å². The average Bonchev–Trinajstić information content (AvgIpc) is 2.27. The van der Waals surface area contributed by atoms with Gasteiger partial charge in [-0.25, -0.2) is 0 Å². The highest BCUT2D eigenvalue weighted by atomic mass is 15.1. The minimum absolute atomic E-state index is 0.802. The zero-order valence-electron chi connectivity index (χ0n) is 11.3. The molecule has 0 aromatic heterocycles. The maximum absolute atomic E-state index is 3.75. The summed E-state index contributed by atoms with van der Waals surface area (Å²) in [6, 6.07) is 0.802. The van der Waals surface area contributed by atoms with Crippen LogP contribution in [0, 0.1) is 0 Å². The second-order valence-electron chi connectivity index (χ2n) is 5.02. The van der Waals surface area contributed by atoms with Gasteiger partial charge in [-0.05, 0) is 25.9 Å². The van der Waals surface area contributed by atoms with Crippen molar-refractivity contribution >= 4 is 0 Å². The second-order valence-corrected chi connectivity index (χ2v) is 5.02. The molecule has 0 spiro atoms. The van der Waals surface area contributed by atoms with Crippen LogP contribution in [0.25, 0.3) is 0 Å². The molecule has 0 saturated heterocycles. The first kappa shape index (κ1) is 14.0. The summed E-state index contributed by atoms with van der Waals surface area (Å²) in [5.74, 6) is 0. The molecule has 1 saturated carbocycles. The van der Waals surface area contributed by atoms with E-state index in [1.807, 2.05) is 0 Å². The SMILES string of the molecule is CCN(CC)CCNC1CCCCCCC1. The number of hydrogen-bond donors (Lipinski definition) is 1. The predicted molar refractivity (Wildman–Crippen MR) is 71.9 cm³/mol. The van der Waals surface area contributed by atoms with Crippen LogP contribution < -0.4 is 5.32 Å². The van der Waals surface area contributed by atoms with Gasteiger partial charge in [0.1, 0.15) is 0 Å². The number of hydrogen-bond acceptors (Lipinski definition) is 2. The minimum atomic E-state index is 0.802. The summed E-state index contributed by atoms with van der Waals surface area (Å²) in [4.78, 5) is 2.50. The molecule has 2 nitrogen and oxygen atoms in total. The number of nitrogens with zero attached hydrogens (tertiary/aromatic N) is 1. The molecule has 1 N–H and O–H groups in total. The van der Waals surface area contributed by atoms with Crippen LogP contribution in [0.15, 0.2) is 0 Å². The molecule has 0 aromatic rings. The van der Waals surface area contributed by atoms with Crippen LogP contribution in [0.2, 0.25) is 0 Å². The molecule has 0 heterocycles. The fraction of sp³-hybridized carbons (Fsp3) is 1.00. The van der Waals surface area contributed by atoms with Gasteiger partial charge in [0.2, 0.25) is 0 Å². The minimum Gasteiger partial charge on any atom is -0.313 e. The molecule has 0 bridgehead atoms. The van der Waals surface area contributed by atoms with Gasteiger partial charge in [-0.15, -0.1) is 0 Å². The monoisotopic (exact) mass is 226 g/mol. The van der Waals surface area contributed by atoms with E-state index in [1.54, 1.807) is 0 Å². The van der Waals surface area contributed by atoms with Crippen molar-refractivity contribution in [3.63, 3.8) is 0 Å². The third-order valence-electron chi connectivity index (χ3n) is 3.86. The van der Waals surface area contributed by atoms with Gasteiger partial charge in [0, 0.05) is 19.1 Å². The third-order valence-corrected chi connectivity index (χ3v) is 3.86. The van der Waals surface area contributed by atoms with Gasteiger partial charge in [-0.2, -0.15) is 0 Å². The Kier molecular flexibility index (Phi) is 7.87. The van der Waals surface area contributed by atoms with E-state index in [2.05, 4.69) is 24.1 Å². The van der Waals surface area contributed by atoms with Crippen LogP contribution >= 0.6 is 0 Å². The van der Waals surface area contributed by atoms with E-state index >= 15 is 0 Å². The summed E-state index contributed by atoms with van der Waals surface area (Å²) >= 11 is 0. The fourth-order valence-electron chi connectivity index (χ4n) is 2.63. The van der Waals surface area contributed by atoms with Crippen molar-refractivity contribution in [1.29, 1.82) is 0 Å². The zero-order valence-corrected chi connectivity index (χ0v) is 11.3. The Morgan fingerprint density at radius 3 is 2.06 bits per heavy atom. The maximum Gasteiger partial charge on any atom is 0.0107 e. The van der Waals surface area contributed by atoms with Crippen LogP contribution in [-0.2, 0) is 0 Å². The quantitative estimate of drug-likeness (QED) is 0.749. The standard InChI is InChI=1S/C14H30N2/c1-3-16(4-2)13-12-15-14-10-8-6-5-7-9-11-14/h14-15H,3-13H2,1-2H3. The number of likely N-dealkylation sites (N-methyl/N-ethyl adjacent to an activating group) is 1. The van der Waals surface area contributed by atoms with Crippen LogP contribution in [0.4, 0.5) is 0 Å². The lowest BCUT2D eigenvalue weighted by molar-refractivity contribution is 0.288. The lowest BCUT2D eigenvalue weighted by atomic mass is 9.97. The smallest absolute Gasteiger partial charge is 0.0107 e. The molecule has 0 aliphatic heterocycles. The molecular weight excluding hydrogens is 196 g/mol. The number of rotatable bonds is 6. The second kappa shape index (κ2) is 9.00.